The molecule has 2 aromatic rings. The lowest BCUT2D eigenvalue weighted by Crippen LogP contribution is -2.14. The lowest BCUT2D eigenvalue weighted by molar-refractivity contribution is 0.584. The van der Waals surface area contributed by atoms with Crippen molar-refractivity contribution in [1.82, 2.24) is 0 Å². The average molecular weight is 273 g/mol. The highest BCUT2D eigenvalue weighted by atomic mass is 35.5. The fourth-order valence-electron chi connectivity index (χ4n) is 2.42. The molecule has 0 amide bonds. The van der Waals surface area contributed by atoms with Gasteiger partial charge in [0.1, 0.15) is 0 Å². The molecule has 0 saturated heterocycles. The number of rotatable bonds is 2. The highest BCUT2D eigenvalue weighted by Gasteiger charge is 2.17. The molecule has 0 atom stereocenters. The van der Waals surface area contributed by atoms with Gasteiger partial charge in [-0.1, -0.05) is 68.3 Å². The molecule has 0 fully saturated rings. The molecular weight excluding hydrogens is 252 g/mol. The molecule has 2 rings (SSSR count). The zero-order valence-electron chi connectivity index (χ0n) is 12.1. The Kier molecular flexibility index (Phi) is 4.01. The molecular formula is C18H21Cl. The van der Waals surface area contributed by atoms with Crippen LogP contribution in [0.15, 0.2) is 42.5 Å². The topological polar surface area (TPSA) is 0 Å². The van der Waals surface area contributed by atoms with Crippen molar-refractivity contribution < 1.29 is 0 Å². The predicted octanol–water partition coefficient (Wildman–Crippen LogP) is 5.54. The number of aryl methyl sites for hydroxylation is 1. The molecule has 0 aliphatic heterocycles. The van der Waals surface area contributed by atoms with E-state index in [0.29, 0.717) is 0 Å². The molecule has 0 aromatic heterocycles. The molecule has 1 heteroatoms. The molecule has 0 N–H and O–H groups in total. The highest BCUT2D eigenvalue weighted by Crippen LogP contribution is 2.28. The van der Waals surface area contributed by atoms with Crippen LogP contribution in [-0.2, 0) is 11.8 Å². The molecule has 0 heterocycles. The van der Waals surface area contributed by atoms with Gasteiger partial charge in [-0.25, -0.2) is 0 Å². The minimum Gasteiger partial charge on any atom is -0.0843 e. The van der Waals surface area contributed by atoms with Crippen molar-refractivity contribution in [1.29, 1.82) is 0 Å². The molecule has 0 aliphatic rings. The van der Waals surface area contributed by atoms with Crippen LogP contribution in [0.25, 0.3) is 0 Å². The maximum Gasteiger partial charge on any atom is 0.0406 e. The first kappa shape index (κ1) is 14.1. The van der Waals surface area contributed by atoms with Crippen LogP contribution in [-0.4, -0.2) is 0 Å². The van der Waals surface area contributed by atoms with Gasteiger partial charge in [0.05, 0.1) is 0 Å². The van der Waals surface area contributed by atoms with Crippen LogP contribution in [0, 0.1) is 6.92 Å². The second-order valence-corrected chi connectivity index (χ2v) is 6.65. The zero-order chi connectivity index (χ0) is 14.0. The third-order valence-corrected chi connectivity index (χ3v) is 3.63. The van der Waals surface area contributed by atoms with Crippen LogP contribution < -0.4 is 0 Å². The quantitative estimate of drug-likeness (QED) is 0.674. The Morgan fingerprint density at radius 3 is 2.16 bits per heavy atom. The van der Waals surface area contributed by atoms with Crippen LogP contribution >= 0.6 is 11.6 Å². The van der Waals surface area contributed by atoms with Crippen molar-refractivity contribution in [2.75, 3.05) is 0 Å². The normalized spacial score (nSPS) is 11.6. The van der Waals surface area contributed by atoms with Gasteiger partial charge >= 0.3 is 0 Å². The Balaban J connectivity index is 2.38. The molecule has 0 nitrogen and oxygen atoms in total. The van der Waals surface area contributed by atoms with Crippen LogP contribution in [0.4, 0.5) is 0 Å². The molecule has 2 aromatic carbocycles. The van der Waals surface area contributed by atoms with Crippen molar-refractivity contribution in [3.63, 3.8) is 0 Å². The zero-order valence-corrected chi connectivity index (χ0v) is 12.9. The first-order valence-corrected chi connectivity index (χ1v) is 7.08. The summed E-state index contributed by atoms with van der Waals surface area (Å²) < 4.78 is 0. The van der Waals surface area contributed by atoms with Crippen LogP contribution in [0.1, 0.15) is 43.0 Å². The van der Waals surface area contributed by atoms with E-state index < -0.39 is 0 Å². The van der Waals surface area contributed by atoms with Gasteiger partial charge in [0.2, 0.25) is 0 Å². The second-order valence-electron chi connectivity index (χ2n) is 6.21. The third-order valence-electron chi connectivity index (χ3n) is 3.38. The first-order chi connectivity index (χ1) is 8.86. The average Bonchev–Trinajstić information content (AvgIpc) is 2.30. The van der Waals surface area contributed by atoms with Crippen molar-refractivity contribution in [3.8, 4) is 0 Å². The summed E-state index contributed by atoms with van der Waals surface area (Å²) in [6.07, 6.45) is 0.964. The van der Waals surface area contributed by atoms with Gasteiger partial charge < -0.3 is 0 Å². The van der Waals surface area contributed by atoms with Crippen molar-refractivity contribution in [3.05, 3.63) is 69.7 Å². The lowest BCUT2D eigenvalue weighted by Gasteiger charge is -2.23. The van der Waals surface area contributed by atoms with E-state index in [0.717, 1.165) is 11.4 Å². The van der Waals surface area contributed by atoms with Gasteiger partial charge in [0, 0.05) is 5.02 Å². The van der Waals surface area contributed by atoms with Gasteiger partial charge in [-0.15, -0.1) is 0 Å². The van der Waals surface area contributed by atoms with Gasteiger partial charge in [-0.3, -0.25) is 0 Å². The van der Waals surface area contributed by atoms with E-state index in [2.05, 4.69) is 58.0 Å². The summed E-state index contributed by atoms with van der Waals surface area (Å²) in [5.74, 6) is 0. The molecule has 100 valence electrons. The largest absolute Gasteiger partial charge is 0.0843 e. The SMILES string of the molecule is Cc1ccc(C(C)(C)C)c(Cc2ccc(Cl)cc2)c1. The van der Waals surface area contributed by atoms with E-state index in [4.69, 9.17) is 11.6 Å². The Morgan fingerprint density at radius 1 is 0.947 bits per heavy atom. The van der Waals surface area contributed by atoms with Gasteiger partial charge in [0.25, 0.3) is 0 Å². The van der Waals surface area contributed by atoms with Gasteiger partial charge in [-0.05, 0) is 47.6 Å². The van der Waals surface area contributed by atoms with E-state index in [-0.39, 0.29) is 5.41 Å². The highest BCUT2D eigenvalue weighted by molar-refractivity contribution is 6.30. The summed E-state index contributed by atoms with van der Waals surface area (Å²) in [6.45, 7) is 8.95. The summed E-state index contributed by atoms with van der Waals surface area (Å²) in [7, 11) is 0. The summed E-state index contributed by atoms with van der Waals surface area (Å²) in [6, 6.07) is 14.9. The Labute approximate surface area is 121 Å². The lowest BCUT2D eigenvalue weighted by atomic mass is 9.81. The molecule has 0 saturated carbocycles. The predicted molar refractivity (Wildman–Crippen MR) is 84.1 cm³/mol. The number of halogens is 1. The summed E-state index contributed by atoms with van der Waals surface area (Å²) in [5.41, 5.74) is 5.63. The Hall–Kier alpha value is -1.27. The first-order valence-electron chi connectivity index (χ1n) is 6.71. The Bertz CT molecular complexity index is 559. The fraction of sp³-hybridized carbons (Fsp3) is 0.333. The van der Waals surface area contributed by atoms with Gasteiger partial charge in [0.15, 0.2) is 0 Å². The second kappa shape index (κ2) is 5.38. The number of benzene rings is 2. The minimum atomic E-state index is 0.176. The van der Waals surface area contributed by atoms with E-state index in [1.54, 1.807) is 0 Å². The molecule has 0 aliphatic carbocycles. The van der Waals surface area contributed by atoms with Crippen LogP contribution in [0.5, 0.6) is 0 Å². The molecule has 0 radical (unpaired) electrons. The molecule has 0 spiro atoms. The number of hydrogen-bond donors (Lipinski definition) is 0. The van der Waals surface area contributed by atoms with E-state index in [9.17, 15) is 0 Å². The van der Waals surface area contributed by atoms with Crippen molar-refractivity contribution in [2.24, 2.45) is 0 Å². The monoisotopic (exact) mass is 272 g/mol. The van der Waals surface area contributed by atoms with Gasteiger partial charge in [-0.2, -0.15) is 0 Å². The third kappa shape index (κ3) is 3.61. The molecule has 0 bridgehead atoms. The summed E-state index contributed by atoms with van der Waals surface area (Å²) in [5, 5.41) is 0.795. The fourth-order valence-corrected chi connectivity index (χ4v) is 2.55. The van der Waals surface area contributed by atoms with E-state index >= 15 is 0 Å². The minimum absolute atomic E-state index is 0.176. The van der Waals surface area contributed by atoms with Crippen LogP contribution in [0.3, 0.4) is 0 Å². The molecule has 0 unspecified atom stereocenters. The summed E-state index contributed by atoms with van der Waals surface area (Å²) in [4.78, 5) is 0. The van der Waals surface area contributed by atoms with Crippen LogP contribution in [0.2, 0.25) is 5.02 Å². The molecule has 19 heavy (non-hydrogen) atoms. The standard InChI is InChI=1S/C18H21Cl/c1-13-5-10-17(18(2,3)4)15(11-13)12-14-6-8-16(19)9-7-14/h5-11H,12H2,1-4H3. The van der Waals surface area contributed by atoms with E-state index in [1.807, 2.05) is 12.1 Å². The van der Waals surface area contributed by atoms with Crippen molar-refractivity contribution in [2.45, 2.75) is 39.5 Å². The van der Waals surface area contributed by atoms with Crippen molar-refractivity contribution >= 4 is 11.6 Å². The maximum atomic E-state index is 5.94. The smallest absolute Gasteiger partial charge is 0.0406 e. The maximum absolute atomic E-state index is 5.94. The Morgan fingerprint density at radius 2 is 1.58 bits per heavy atom. The summed E-state index contributed by atoms with van der Waals surface area (Å²) >= 11 is 5.94. The number of hydrogen-bond acceptors (Lipinski definition) is 0. The van der Waals surface area contributed by atoms with E-state index in [1.165, 1.54) is 22.3 Å².